The summed E-state index contributed by atoms with van der Waals surface area (Å²) in [7, 11) is 0. The summed E-state index contributed by atoms with van der Waals surface area (Å²) in [6.45, 7) is 4.87. The molecule has 0 bridgehead atoms. The van der Waals surface area contributed by atoms with Gasteiger partial charge in [-0.2, -0.15) is 0 Å². The molecule has 0 aliphatic rings. The van der Waals surface area contributed by atoms with Gasteiger partial charge >= 0.3 is 0 Å². The number of halogens is 4. The number of benzene rings is 1. The van der Waals surface area contributed by atoms with Crippen molar-refractivity contribution in [1.29, 1.82) is 0 Å². The summed E-state index contributed by atoms with van der Waals surface area (Å²) in [5, 5.41) is 0. The van der Waals surface area contributed by atoms with E-state index in [1.807, 2.05) is 0 Å². The molecule has 0 heterocycles. The maximum Gasteiger partial charge on any atom is 0.166 e. The topological polar surface area (TPSA) is 26.0 Å². The van der Waals surface area contributed by atoms with E-state index in [9.17, 15) is 17.6 Å². The van der Waals surface area contributed by atoms with Crippen molar-refractivity contribution in [2.24, 2.45) is 11.1 Å². The largest absolute Gasteiger partial charge is 0.323 e. The van der Waals surface area contributed by atoms with E-state index >= 15 is 0 Å². The van der Waals surface area contributed by atoms with Gasteiger partial charge in [-0.1, -0.05) is 20.8 Å². The van der Waals surface area contributed by atoms with Crippen LogP contribution in [0.5, 0.6) is 0 Å². The van der Waals surface area contributed by atoms with Crippen LogP contribution in [0.3, 0.4) is 0 Å². The van der Waals surface area contributed by atoms with Crippen molar-refractivity contribution < 1.29 is 17.6 Å². The highest BCUT2D eigenvalue weighted by Gasteiger charge is 2.31. The molecule has 0 aliphatic heterocycles. The van der Waals surface area contributed by atoms with E-state index in [2.05, 4.69) is 0 Å². The Morgan fingerprint density at radius 3 is 1.69 bits per heavy atom. The van der Waals surface area contributed by atoms with E-state index in [4.69, 9.17) is 5.73 Å². The van der Waals surface area contributed by atoms with Crippen LogP contribution in [0, 0.1) is 28.7 Å². The Morgan fingerprint density at radius 1 is 1.00 bits per heavy atom. The lowest BCUT2D eigenvalue weighted by atomic mass is 9.82. The fourth-order valence-corrected chi connectivity index (χ4v) is 1.30. The average molecular weight is 235 g/mol. The van der Waals surface area contributed by atoms with Crippen LogP contribution in [0.1, 0.15) is 32.4 Å². The molecule has 0 saturated heterocycles. The van der Waals surface area contributed by atoms with Crippen molar-refractivity contribution in [3.63, 3.8) is 0 Å². The number of rotatable bonds is 1. The standard InChI is InChI=1S/C11H13F4N/c1-11(2,3)10(16)7-8(14)5(12)4-6(13)9(7)15/h4,10H,16H2,1-3H3/t10-/m0/s1. The molecule has 0 radical (unpaired) electrons. The lowest BCUT2D eigenvalue weighted by Crippen LogP contribution is -2.29. The molecular formula is C11H13F4N. The summed E-state index contributed by atoms with van der Waals surface area (Å²) in [6, 6.07) is -0.957. The fraction of sp³-hybridized carbons (Fsp3) is 0.455. The van der Waals surface area contributed by atoms with Gasteiger partial charge in [0.15, 0.2) is 23.3 Å². The molecule has 16 heavy (non-hydrogen) atoms. The minimum atomic E-state index is -1.44. The van der Waals surface area contributed by atoms with Crippen LogP contribution in [0.4, 0.5) is 17.6 Å². The van der Waals surface area contributed by atoms with Gasteiger partial charge in [0.1, 0.15) is 0 Å². The predicted octanol–water partition coefficient (Wildman–Crippen LogP) is 3.29. The van der Waals surface area contributed by atoms with E-state index < -0.39 is 40.3 Å². The van der Waals surface area contributed by atoms with Gasteiger partial charge in [-0.15, -0.1) is 0 Å². The van der Waals surface area contributed by atoms with Crippen LogP contribution >= 0.6 is 0 Å². The Bertz CT molecular complexity index is 383. The van der Waals surface area contributed by atoms with Gasteiger partial charge in [0, 0.05) is 17.7 Å². The highest BCUT2D eigenvalue weighted by atomic mass is 19.2. The molecule has 0 spiro atoms. The number of nitrogens with two attached hydrogens (primary N) is 1. The van der Waals surface area contributed by atoms with Gasteiger partial charge in [0.2, 0.25) is 0 Å². The third-order valence-corrected chi connectivity index (χ3v) is 2.39. The van der Waals surface area contributed by atoms with E-state index in [-0.39, 0.29) is 6.07 Å². The maximum atomic E-state index is 13.4. The van der Waals surface area contributed by atoms with E-state index in [0.29, 0.717) is 0 Å². The molecule has 5 heteroatoms. The minimum Gasteiger partial charge on any atom is -0.323 e. The molecule has 1 atom stereocenters. The molecular weight excluding hydrogens is 222 g/mol. The lowest BCUT2D eigenvalue weighted by Gasteiger charge is -2.28. The second-order valence-electron chi connectivity index (χ2n) is 4.73. The van der Waals surface area contributed by atoms with Gasteiger partial charge in [0.25, 0.3) is 0 Å². The van der Waals surface area contributed by atoms with Crippen LogP contribution in [0.2, 0.25) is 0 Å². The highest BCUT2D eigenvalue weighted by Crippen LogP contribution is 2.34. The highest BCUT2D eigenvalue weighted by molar-refractivity contribution is 5.26. The zero-order valence-electron chi connectivity index (χ0n) is 9.24. The first-order valence-electron chi connectivity index (χ1n) is 4.74. The Balaban J connectivity index is 3.44. The van der Waals surface area contributed by atoms with Crippen molar-refractivity contribution >= 4 is 0 Å². The number of hydrogen-bond donors (Lipinski definition) is 1. The summed E-state index contributed by atoms with van der Waals surface area (Å²) < 4.78 is 52.6. The van der Waals surface area contributed by atoms with E-state index in [1.54, 1.807) is 20.8 Å². The van der Waals surface area contributed by atoms with Gasteiger partial charge in [-0.3, -0.25) is 0 Å². The van der Waals surface area contributed by atoms with Crippen LogP contribution in [-0.2, 0) is 0 Å². The van der Waals surface area contributed by atoms with Gasteiger partial charge in [0.05, 0.1) is 0 Å². The van der Waals surface area contributed by atoms with Crippen molar-refractivity contribution in [1.82, 2.24) is 0 Å². The molecule has 0 saturated carbocycles. The summed E-state index contributed by atoms with van der Waals surface area (Å²) in [6.07, 6.45) is 0. The minimum absolute atomic E-state index is 0.170. The first kappa shape index (κ1) is 13.0. The van der Waals surface area contributed by atoms with Crippen LogP contribution in [0.15, 0.2) is 6.07 Å². The summed E-state index contributed by atoms with van der Waals surface area (Å²) >= 11 is 0. The van der Waals surface area contributed by atoms with Gasteiger partial charge < -0.3 is 5.73 Å². The molecule has 90 valence electrons. The van der Waals surface area contributed by atoms with Gasteiger partial charge in [-0.25, -0.2) is 17.6 Å². The molecule has 1 aromatic carbocycles. The Kier molecular flexibility index (Phi) is 3.28. The average Bonchev–Trinajstić information content (AvgIpc) is 2.13. The zero-order chi connectivity index (χ0) is 12.7. The SMILES string of the molecule is CC(C)(C)[C@@H](N)c1c(F)c(F)cc(F)c1F. The molecule has 0 aromatic heterocycles. The lowest BCUT2D eigenvalue weighted by molar-refractivity contribution is 0.301. The molecule has 2 N–H and O–H groups in total. The zero-order valence-corrected chi connectivity index (χ0v) is 9.24. The second-order valence-corrected chi connectivity index (χ2v) is 4.73. The quantitative estimate of drug-likeness (QED) is 0.586. The maximum absolute atomic E-state index is 13.4. The van der Waals surface area contributed by atoms with Crippen LogP contribution in [-0.4, -0.2) is 0 Å². The molecule has 0 amide bonds. The first-order chi connectivity index (χ1) is 7.16. The monoisotopic (exact) mass is 235 g/mol. The molecule has 0 aliphatic carbocycles. The normalized spacial score (nSPS) is 14.0. The van der Waals surface area contributed by atoms with Crippen molar-refractivity contribution in [3.8, 4) is 0 Å². The Morgan fingerprint density at radius 2 is 1.38 bits per heavy atom. The third-order valence-electron chi connectivity index (χ3n) is 2.39. The molecule has 1 aromatic rings. The third kappa shape index (κ3) is 2.19. The van der Waals surface area contributed by atoms with Crippen molar-refractivity contribution in [3.05, 3.63) is 34.9 Å². The van der Waals surface area contributed by atoms with Gasteiger partial charge in [-0.05, 0) is 5.41 Å². The first-order valence-corrected chi connectivity index (χ1v) is 4.74. The second kappa shape index (κ2) is 4.05. The number of hydrogen-bond acceptors (Lipinski definition) is 1. The summed E-state index contributed by atoms with van der Waals surface area (Å²) in [5.41, 5.74) is 4.15. The molecule has 1 nitrogen and oxygen atoms in total. The van der Waals surface area contributed by atoms with Crippen molar-refractivity contribution in [2.75, 3.05) is 0 Å². The predicted molar refractivity (Wildman–Crippen MR) is 52.7 cm³/mol. The van der Waals surface area contributed by atoms with Crippen molar-refractivity contribution in [2.45, 2.75) is 26.8 Å². The Hall–Kier alpha value is -1.10. The molecule has 0 unspecified atom stereocenters. The molecule has 0 fully saturated rings. The van der Waals surface area contributed by atoms with E-state index in [0.717, 1.165) is 0 Å². The van der Waals surface area contributed by atoms with Crippen LogP contribution in [0.25, 0.3) is 0 Å². The van der Waals surface area contributed by atoms with E-state index in [1.165, 1.54) is 0 Å². The smallest absolute Gasteiger partial charge is 0.166 e. The fourth-order valence-electron chi connectivity index (χ4n) is 1.30. The Labute approximate surface area is 91.3 Å². The summed E-state index contributed by atoms with van der Waals surface area (Å²) in [4.78, 5) is 0. The molecule has 1 rings (SSSR count). The van der Waals surface area contributed by atoms with Crippen LogP contribution < -0.4 is 5.73 Å². The summed E-state index contributed by atoms with van der Waals surface area (Å²) in [5.74, 6) is -5.73.